The van der Waals surface area contributed by atoms with E-state index in [0.717, 1.165) is 0 Å². The minimum absolute atomic E-state index is 0.0433. The van der Waals surface area contributed by atoms with E-state index in [1.807, 2.05) is 6.08 Å². The first kappa shape index (κ1) is 10.1. The third kappa shape index (κ3) is 1.70. The standard InChI is InChI=1S/C8H14N2O3S/c11-6-8-4-9-7-2-1-3-14(12,13)10(8)5-7/h1-2,7-9,11H,3-6H2. The molecule has 0 spiro atoms. The van der Waals surface area contributed by atoms with Crippen molar-refractivity contribution in [3.05, 3.63) is 12.2 Å². The Kier molecular flexibility index (Phi) is 2.61. The highest BCUT2D eigenvalue weighted by molar-refractivity contribution is 7.89. The molecule has 3 unspecified atom stereocenters. The molecule has 1 saturated heterocycles. The van der Waals surface area contributed by atoms with Crippen LogP contribution in [-0.4, -0.2) is 55.4 Å². The molecule has 0 saturated carbocycles. The Morgan fingerprint density at radius 1 is 1.57 bits per heavy atom. The van der Waals surface area contributed by atoms with Gasteiger partial charge in [0.1, 0.15) is 0 Å². The molecule has 2 rings (SSSR count). The number of aliphatic hydroxyl groups excluding tert-OH is 1. The molecular weight excluding hydrogens is 204 g/mol. The van der Waals surface area contributed by atoms with E-state index in [-0.39, 0.29) is 24.4 Å². The summed E-state index contributed by atoms with van der Waals surface area (Å²) in [6.45, 7) is 0.827. The number of nitrogens with zero attached hydrogens (tertiary/aromatic N) is 1. The van der Waals surface area contributed by atoms with Crippen LogP contribution in [0.3, 0.4) is 0 Å². The van der Waals surface area contributed by atoms with Crippen molar-refractivity contribution in [2.45, 2.75) is 12.1 Å². The average Bonchev–Trinajstić information content (AvgIpc) is 2.27. The van der Waals surface area contributed by atoms with Crippen LogP contribution in [-0.2, 0) is 10.0 Å². The van der Waals surface area contributed by atoms with Crippen LogP contribution in [0.15, 0.2) is 12.2 Å². The lowest BCUT2D eigenvalue weighted by Crippen LogP contribution is -2.58. The van der Waals surface area contributed by atoms with Gasteiger partial charge in [0.05, 0.1) is 18.4 Å². The second kappa shape index (κ2) is 3.62. The van der Waals surface area contributed by atoms with Crippen LogP contribution in [0.1, 0.15) is 0 Å². The highest BCUT2D eigenvalue weighted by atomic mass is 32.2. The van der Waals surface area contributed by atoms with Gasteiger partial charge in [-0.3, -0.25) is 0 Å². The maximum absolute atomic E-state index is 11.7. The Morgan fingerprint density at radius 3 is 3.07 bits per heavy atom. The van der Waals surface area contributed by atoms with Gasteiger partial charge in [-0.05, 0) is 0 Å². The predicted octanol–water partition coefficient (Wildman–Crippen LogP) is -1.48. The smallest absolute Gasteiger partial charge is 0.218 e. The van der Waals surface area contributed by atoms with E-state index in [1.165, 1.54) is 4.31 Å². The van der Waals surface area contributed by atoms with Crippen LogP contribution in [0.5, 0.6) is 0 Å². The number of hydrogen-bond acceptors (Lipinski definition) is 4. The molecule has 0 aromatic rings. The van der Waals surface area contributed by atoms with Crippen molar-refractivity contribution in [2.75, 3.05) is 25.4 Å². The number of rotatable bonds is 1. The quantitative estimate of drug-likeness (QED) is 0.527. The van der Waals surface area contributed by atoms with Gasteiger partial charge in [0.25, 0.3) is 0 Å². The van der Waals surface area contributed by atoms with E-state index < -0.39 is 10.0 Å². The SMILES string of the molecule is O=S1(=O)CC=CC2CN1C(CO)CN2. The summed E-state index contributed by atoms with van der Waals surface area (Å²) < 4.78 is 24.8. The molecule has 0 aliphatic carbocycles. The van der Waals surface area contributed by atoms with Crippen molar-refractivity contribution in [3.63, 3.8) is 0 Å². The van der Waals surface area contributed by atoms with Crippen LogP contribution in [0.25, 0.3) is 0 Å². The zero-order chi connectivity index (χ0) is 10.2. The molecule has 14 heavy (non-hydrogen) atoms. The van der Waals surface area contributed by atoms with E-state index in [4.69, 9.17) is 5.11 Å². The third-order valence-electron chi connectivity index (χ3n) is 2.64. The molecule has 80 valence electrons. The molecule has 0 amide bonds. The predicted molar refractivity (Wildman–Crippen MR) is 52.3 cm³/mol. The largest absolute Gasteiger partial charge is 0.395 e. The normalized spacial score (nSPS) is 40.5. The lowest BCUT2D eigenvalue weighted by atomic mass is 10.1. The Balaban J connectivity index is 2.30. The summed E-state index contributed by atoms with van der Waals surface area (Å²) in [6.07, 6.45) is 3.55. The van der Waals surface area contributed by atoms with Crippen LogP contribution < -0.4 is 5.32 Å². The minimum Gasteiger partial charge on any atom is -0.395 e. The fraction of sp³-hybridized carbons (Fsp3) is 0.750. The van der Waals surface area contributed by atoms with Crippen LogP contribution in [0.4, 0.5) is 0 Å². The Morgan fingerprint density at radius 2 is 2.36 bits per heavy atom. The van der Waals surface area contributed by atoms with Crippen LogP contribution >= 0.6 is 0 Å². The van der Waals surface area contributed by atoms with Gasteiger partial charge in [-0.15, -0.1) is 0 Å². The Hall–Kier alpha value is -0.430. The van der Waals surface area contributed by atoms with Gasteiger partial charge in [-0.2, -0.15) is 4.31 Å². The van der Waals surface area contributed by atoms with Crippen molar-refractivity contribution in [1.82, 2.24) is 9.62 Å². The van der Waals surface area contributed by atoms with E-state index in [0.29, 0.717) is 13.1 Å². The van der Waals surface area contributed by atoms with E-state index in [9.17, 15) is 8.42 Å². The maximum atomic E-state index is 11.7. The van der Waals surface area contributed by atoms with Crippen molar-refractivity contribution in [3.8, 4) is 0 Å². The molecule has 2 bridgehead atoms. The maximum Gasteiger partial charge on any atom is 0.218 e. The summed E-state index contributed by atoms with van der Waals surface area (Å²) in [6, 6.07) is -0.216. The van der Waals surface area contributed by atoms with E-state index in [2.05, 4.69) is 5.32 Å². The Bertz CT molecular complexity index is 338. The number of piperazine rings is 1. The fourth-order valence-corrected chi connectivity index (χ4v) is 3.39. The number of fused-ring (bicyclic) bond motifs is 2. The fourth-order valence-electron chi connectivity index (χ4n) is 1.86. The minimum atomic E-state index is -3.21. The zero-order valence-corrected chi connectivity index (χ0v) is 8.57. The summed E-state index contributed by atoms with van der Waals surface area (Å²) in [7, 11) is -3.21. The monoisotopic (exact) mass is 218 g/mol. The number of aliphatic hydroxyl groups is 1. The molecule has 2 N–H and O–H groups in total. The van der Waals surface area contributed by atoms with Crippen molar-refractivity contribution in [2.24, 2.45) is 0 Å². The average molecular weight is 218 g/mol. The topological polar surface area (TPSA) is 69.6 Å². The first-order valence-corrected chi connectivity index (χ1v) is 6.25. The number of nitrogens with one attached hydrogen (secondary N) is 1. The summed E-state index contributed by atoms with van der Waals surface area (Å²) in [4.78, 5) is 0. The lowest BCUT2D eigenvalue weighted by Gasteiger charge is -2.36. The Labute approximate surface area is 83.5 Å². The van der Waals surface area contributed by atoms with E-state index in [1.54, 1.807) is 6.08 Å². The third-order valence-corrected chi connectivity index (χ3v) is 4.42. The highest BCUT2D eigenvalue weighted by Crippen LogP contribution is 2.16. The van der Waals surface area contributed by atoms with Gasteiger partial charge in [0, 0.05) is 19.1 Å². The molecule has 3 atom stereocenters. The lowest BCUT2D eigenvalue weighted by molar-refractivity contribution is 0.155. The van der Waals surface area contributed by atoms with Crippen molar-refractivity contribution in [1.29, 1.82) is 0 Å². The van der Waals surface area contributed by atoms with Crippen molar-refractivity contribution < 1.29 is 13.5 Å². The number of hydrogen-bond donors (Lipinski definition) is 2. The zero-order valence-electron chi connectivity index (χ0n) is 7.76. The molecule has 1 fully saturated rings. The van der Waals surface area contributed by atoms with Gasteiger partial charge in [0.15, 0.2) is 0 Å². The first-order chi connectivity index (χ1) is 6.63. The highest BCUT2D eigenvalue weighted by Gasteiger charge is 2.35. The van der Waals surface area contributed by atoms with Crippen LogP contribution in [0.2, 0.25) is 0 Å². The molecule has 2 heterocycles. The van der Waals surface area contributed by atoms with Crippen molar-refractivity contribution >= 4 is 10.0 Å². The molecular formula is C8H14N2O3S. The first-order valence-electron chi connectivity index (χ1n) is 4.64. The van der Waals surface area contributed by atoms with Gasteiger partial charge in [0.2, 0.25) is 10.0 Å². The van der Waals surface area contributed by atoms with E-state index >= 15 is 0 Å². The second-order valence-corrected chi connectivity index (χ2v) is 5.59. The van der Waals surface area contributed by atoms with Gasteiger partial charge in [-0.25, -0.2) is 8.42 Å². The van der Waals surface area contributed by atoms with Crippen LogP contribution in [0, 0.1) is 0 Å². The van der Waals surface area contributed by atoms with Gasteiger partial charge < -0.3 is 10.4 Å². The van der Waals surface area contributed by atoms with Gasteiger partial charge >= 0.3 is 0 Å². The molecule has 2 aliphatic rings. The second-order valence-electron chi connectivity index (χ2n) is 3.63. The molecule has 0 radical (unpaired) electrons. The molecule has 0 aromatic heterocycles. The van der Waals surface area contributed by atoms with Gasteiger partial charge in [-0.1, -0.05) is 12.2 Å². The summed E-state index contributed by atoms with van der Waals surface area (Å²) in [5.41, 5.74) is 0. The molecule has 5 nitrogen and oxygen atoms in total. The molecule has 6 heteroatoms. The summed E-state index contributed by atoms with van der Waals surface area (Å²) in [5, 5.41) is 12.2. The number of sulfonamides is 1. The molecule has 0 aromatic carbocycles. The summed E-state index contributed by atoms with van der Waals surface area (Å²) >= 11 is 0. The summed E-state index contributed by atoms with van der Waals surface area (Å²) in [5.74, 6) is 0.0433. The molecule has 2 aliphatic heterocycles.